The second-order valence-electron chi connectivity index (χ2n) is 13.5. The predicted molar refractivity (Wildman–Crippen MR) is 193 cm³/mol. The Hall–Kier alpha value is -4.88. The van der Waals surface area contributed by atoms with Gasteiger partial charge in [0, 0.05) is 54.7 Å². The van der Waals surface area contributed by atoms with Crippen molar-refractivity contribution >= 4 is 23.9 Å². The van der Waals surface area contributed by atoms with Gasteiger partial charge in [-0.2, -0.15) is 0 Å². The molecule has 0 aromatic heterocycles. The number of nitrogens with zero attached hydrogens (tertiary/aromatic N) is 1. The summed E-state index contributed by atoms with van der Waals surface area (Å²) in [6, 6.07) is 0. The lowest BCUT2D eigenvalue weighted by Crippen LogP contribution is -2.38. The number of carbonyl (C=O) groups excluding carboxylic acids is 4. The summed E-state index contributed by atoms with van der Waals surface area (Å²) in [7, 11) is 3.03. The molecular formula is C40H49NO12. The Morgan fingerprint density at radius 2 is 1.28 bits per heavy atom. The first kappa shape index (κ1) is 39.3. The number of morpholine rings is 1. The number of allylic oxidation sites excluding steroid dienone is 4. The van der Waals surface area contributed by atoms with Crippen molar-refractivity contribution in [1.29, 1.82) is 0 Å². The van der Waals surface area contributed by atoms with E-state index >= 15 is 0 Å². The van der Waals surface area contributed by atoms with Gasteiger partial charge in [-0.25, -0.2) is 9.59 Å². The smallest absolute Gasteiger partial charge is 0.342 e. The van der Waals surface area contributed by atoms with Crippen molar-refractivity contribution in [3.63, 3.8) is 0 Å². The summed E-state index contributed by atoms with van der Waals surface area (Å²) in [5.41, 5.74) is 5.80. The number of phenols is 1. The van der Waals surface area contributed by atoms with Crippen molar-refractivity contribution < 1.29 is 57.4 Å². The van der Waals surface area contributed by atoms with Crippen LogP contribution in [0.5, 0.6) is 23.0 Å². The van der Waals surface area contributed by atoms with E-state index in [4.69, 9.17) is 33.2 Å². The maximum atomic E-state index is 13.4. The molecule has 286 valence electrons. The largest absolute Gasteiger partial charge is 0.507 e. The summed E-state index contributed by atoms with van der Waals surface area (Å²) in [5.74, 6) is -1.06. The Balaban J connectivity index is 1.25. The van der Waals surface area contributed by atoms with Gasteiger partial charge in [0.1, 0.15) is 48.2 Å². The van der Waals surface area contributed by atoms with E-state index < -0.39 is 17.9 Å². The standard InChI is InChI=1S/C40H49NO12/c1-23(7-11-27-35(44)33-29(21-51-39(33)45)25(3)36(27)47-5)10-14-32(43)53-38-28(37(48-6)26(4)30-22-52-40(46)34(30)38)12-8-24(2)9-13-31(42)50-20-17-41-15-18-49-19-16-41/h7-8,44H,9-22H2,1-6H3/b23-7+,24-8+. The molecule has 2 aromatic carbocycles. The Labute approximate surface area is 309 Å². The molecule has 0 bridgehead atoms. The van der Waals surface area contributed by atoms with Crippen LogP contribution in [-0.2, 0) is 54.6 Å². The average molecular weight is 736 g/mol. The van der Waals surface area contributed by atoms with Crippen molar-refractivity contribution in [1.82, 2.24) is 4.90 Å². The molecule has 0 radical (unpaired) electrons. The molecule has 3 aliphatic heterocycles. The van der Waals surface area contributed by atoms with Crippen molar-refractivity contribution in [2.45, 2.75) is 79.4 Å². The number of aromatic hydroxyl groups is 1. The van der Waals surface area contributed by atoms with Gasteiger partial charge in [-0.15, -0.1) is 0 Å². The fraction of sp³-hybridized carbons (Fsp3) is 0.500. The summed E-state index contributed by atoms with van der Waals surface area (Å²) < 4.78 is 38.6. The van der Waals surface area contributed by atoms with Crippen LogP contribution in [0, 0.1) is 13.8 Å². The van der Waals surface area contributed by atoms with E-state index in [1.165, 1.54) is 14.2 Å². The first-order valence-corrected chi connectivity index (χ1v) is 17.9. The number of fused-ring (bicyclic) bond motifs is 2. The van der Waals surface area contributed by atoms with Crippen molar-refractivity contribution in [2.75, 3.05) is 53.7 Å². The summed E-state index contributed by atoms with van der Waals surface area (Å²) in [5, 5.41) is 10.9. The average Bonchev–Trinajstić information content (AvgIpc) is 3.74. The van der Waals surface area contributed by atoms with Gasteiger partial charge in [0.2, 0.25) is 0 Å². The second-order valence-corrected chi connectivity index (χ2v) is 13.5. The third kappa shape index (κ3) is 9.02. The van der Waals surface area contributed by atoms with Crippen LogP contribution < -0.4 is 14.2 Å². The lowest BCUT2D eigenvalue weighted by molar-refractivity contribution is -0.144. The van der Waals surface area contributed by atoms with E-state index in [9.17, 15) is 24.3 Å². The summed E-state index contributed by atoms with van der Waals surface area (Å²) >= 11 is 0. The summed E-state index contributed by atoms with van der Waals surface area (Å²) in [4.78, 5) is 53.2. The molecular weight excluding hydrogens is 686 g/mol. The molecule has 0 amide bonds. The summed E-state index contributed by atoms with van der Waals surface area (Å²) in [6.45, 7) is 11.6. The van der Waals surface area contributed by atoms with Gasteiger partial charge in [-0.3, -0.25) is 14.5 Å². The molecule has 0 aliphatic carbocycles. The minimum Gasteiger partial charge on any atom is -0.507 e. The third-order valence-electron chi connectivity index (χ3n) is 10.0. The van der Waals surface area contributed by atoms with E-state index in [1.807, 2.05) is 39.8 Å². The third-order valence-corrected chi connectivity index (χ3v) is 10.0. The Bertz CT molecular complexity index is 1820. The van der Waals surface area contributed by atoms with Gasteiger partial charge in [0.05, 0.1) is 27.4 Å². The van der Waals surface area contributed by atoms with E-state index in [0.717, 1.165) is 35.4 Å². The number of rotatable bonds is 16. The molecule has 3 heterocycles. The van der Waals surface area contributed by atoms with Gasteiger partial charge in [-0.1, -0.05) is 23.3 Å². The number of hydrogen-bond acceptors (Lipinski definition) is 13. The minimum absolute atomic E-state index is 0.00294. The van der Waals surface area contributed by atoms with Gasteiger partial charge in [0.15, 0.2) is 5.75 Å². The lowest BCUT2D eigenvalue weighted by Gasteiger charge is -2.26. The number of esters is 4. The van der Waals surface area contributed by atoms with Gasteiger partial charge in [0.25, 0.3) is 0 Å². The Kier molecular flexibility index (Phi) is 13.2. The van der Waals surface area contributed by atoms with Gasteiger partial charge >= 0.3 is 23.9 Å². The zero-order valence-electron chi connectivity index (χ0n) is 31.4. The van der Waals surface area contributed by atoms with Crippen molar-refractivity contribution in [3.8, 4) is 23.0 Å². The van der Waals surface area contributed by atoms with Gasteiger partial charge < -0.3 is 38.3 Å². The maximum Gasteiger partial charge on any atom is 0.342 e. The van der Waals surface area contributed by atoms with E-state index in [2.05, 4.69) is 4.90 Å². The molecule has 1 fully saturated rings. The highest BCUT2D eigenvalue weighted by molar-refractivity contribution is 5.99. The van der Waals surface area contributed by atoms with Crippen LogP contribution in [0.1, 0.15) is 93.6 Å². The molecule has 0 spiro atoms. The molecule has 2 aromatic rings. The van der Waals surface area contributed by atoms with Crippen LogP contribution in [0.3, 0.4) is 0 Å². The fourth-order valence-corrected chi connectivity index (χ4v) is 6.86. The van der Waals surface area contributed by atoms with E-state index in [0.29, 0.717) is 73.0 Å². The van der Waals surface area contributed by atoms with Crippen LogP contribution in [-0.4, -0.2) is 87.6 Å². The molecule has 53 heavy (non-hydrogen) atoms. The topological polar surface area (TPSA) is 156 Å². The van der Waals surface area contributed by atoms with Crippen LogP contribution in [0.15, 0.2) is 23.3 Å². The zero-order valence-corrected chi connectivity index (χ0v) is 31.4. The SMILES string of the molecule is COc1c(C)c2c(c(O)c1C/C=C(\C)CCC(=O)Oc1c(C/C=C(\C)CCC(=O)OCCN3CCOCC3)c(OC)c(C)c3c1C(=O)OC3)C(=O)OC2. The quantitative estimate of drug-likeness (QED) is 0.102. The molecule has 0 saturated carbocycles. The van der Waals surface area contributed by atoms with Crippen LogP contribution in [0.4, 0.5) is 0 Å². The predicted octanol–water partition coefficient (Wildman–Crippen LogP) is 5.39. The van der Waals surface area contributed by atoms with Crippen LogP contribution >= 0.6 is 0 Å². The molecule has 3 aliphatic rings. The lowest BCUT2D eigenvalue weighted by atomic mass is 9.94. The number of benzene rings is 2. The zero-order chi connectivity index (χ0) is 38.2. The molecule has 13 heteroatoms. The van der Waals surface area contributed by atoms with Gasteiger partial charge in [-0.05, 0) is 64.5 Å². The van der Waals surface area contributed by atoms with E-state index in [1.54, 1.807) is 0 Å². The molecule has 1 N–H and O–H groups in total. The van der Waals surface area contributed by atoms with Crippen molar-refractivity contribution in [3.05, 3.63) is 67.8 Å². The molecule has 0 unspecified atom stereocenters. The number of ether oxygens (including phenoxy) is 7. The maximum absolute atomic E-state index is 13.4. The highest BCUT2D eigenvalue weighted by Gasteiger charge is 2.35. The van der Waals surface area contributed by atoms with Crippen molar-refractivity contribution in [2.24, 2.45) is 0 Å². The monoisotopic (exact) mass is 735 g/mol. The Morgan fingerprint density at radius 3 is 1.89 bits per heavy atom. The van der Waals surface area contributed by atoms with Crippen LogP contribution in [0.2, 0.25) is 0 Å². The number of carbonyl (C=O) groups is 4. The second kappa shape index (κ2) is 17.8. The molecule has 1 saturated heterocycles. The minimum atomic E-state index is -0.575. The molecule has 13 nitrogen and oxygen atoms in total. The highest BCUT2D eigenvalue weighted by atomic mass is 16.6. The fourth-order valence-electron chi connectivity index (χ4n) is 6.86. The number of methoxy groups -OCH3 is 2. The highest BCUT2D eigenvalue weighted by Crippen LogP contribution is 2.44. The first-order chi connectivity index (χ1) is 25.4. The normalized spacial score (nSPS) is 15.8. The molecule has 5 rings (SSSR count). The molecule has 0 atom stereocenters. The summed E-state index contributed by atoms with van der Waals surface area (Å²) in [6.07, 6.45) is 5.36. The first-order valence-electron chi connectivity index (χ1n) is 17.9. The number of cyclic esters (lactones) is 2. The van der Waals surface area contributed by atoms with Crippen LogP contribution in [0.25, 0.3) is 0 Å². The number of hydrogen-bond donors (Lipinski definition) is 1. The Morgan fingerprint density at radius 1 is 0.755 bits per heavy atom. The van der Waals surface area contributed by atoms with E-state index in [-0.39, 0.29) is 67.5 Å². The number of phenolic OH excluding ortho intramolecular Hbond substituents is 1.